The lowest BCUT2D eigenvalue weighted by Gasteiger charge is -2.56. The summed E-state index contributed by atoms with van der Waals surface area (Å²) in [4.78, 5) is 19.8. The van der Waals surface area contributed by atoms with Crippen LogP contribution in [-0.4, -0.2) is 42.3 Å². The number of thiocarbonyl (C=S) groups is 1. The highest BCUT2D eigenvalue weighted by molar-refractivity contribution is 7.80. The van der Waals surface area contributed by atoms with E-state index < -0.39 is 0 Å². The first-order chi connectivity index (χ1) is 15.5. The van der Waals surface area contributed by atoms with Gasteiger partial charge >= 0.3 is 0 Å². The number of nitrogens with zero attached hydrogens (tertiary/aromatic N) is 2. The Morgan fingerprint density at radius 3 is 2.53 bits per heavy atom. The summed E-state index contributed by atoms with van der Waals surface area (Å²) in [5.41, 5.74) is 2.36. The van der Waals surface area contributed by atoms with Crippen LogP contribution in [0.2, 0.25) is 0 Å². The van der Waals surface area contributed by atoms with Crippen LogP contribution in [0.1, 0.15) is 44.9 Å². The number of amides is 1. The average molecular weight is 471 g/mol. The Morgan fingerprint density at radius 1 is 1.16 bits per heavy atom. The zero-order valence-electron chi connectivity index (χ0n) is 18.3. The van der Waals surface area contributed by atoms with E-state index in [4.69, 9.17) is 17.0 Å². The Bertz CT molecular complexity index is 1010. The van der Waals surface area contributed by atoms with Crippen molar-refractivity contribution in [3.8, 4) is 0 Å². The molecular weight excluding hydrogens is 440 g/mol. The van der Waals surface area contributed by atoms with Gasteiger partial charge in [-0.15, -0.1) is 0 Å². The van der Waals surface area contributed by atoms with Gasteiger partial charge in [-0.1, -0.05) is 11.3 Å². The summed E-state index contributed by atoms with van der Waals surface area (Å²) in [6, 6.07) is 6.34. The summed E-state index contributed by atoms with van der Waals surface area (Å²) < 4.78 is 6.57. The number of hydrogen-bond acceptors (Lipinski definition) is 6. The summed E-state index contributed by atoms with van der Waals surface area (Å²) in [5, 5.41) is 7.15. The molecule has 4 saturated carbocycles. The highest BCUT2D eigenvalue weighted by atomic mass is 32.1. The number of carbonyl (C=O) groups excluding carboxylic acids is 1. The Balaban J connectivity index is 1.08. The van der Waals surface area contributed by atoms with Gasteiger partial charge in [-0.3, -0.25) is 4.79 Å². The van der Waals surface area contributed by atoms with E-state index in [9.17, 15) is 4.79 Å². The quantitative estimate of drug-likeness (QED) is 0.639. The van der Waals surface area contributed by atoms with Gasteiger partial charge in [0.1, 0.15) is 0 Å². The number of ether oxygens (including phenoxy) is 1. The number of carbonyl (C=O) groups is 1. The molecule has 4 bridgehead atoms. The summed E-state index contributed by atoms with van der Waals surface area (Å²) in [6.07, 6.45) is 8.49. The molecule has 1 aliphatic heterocycles. The molecule has 2 N–H and O–H groups in total. The molecule has 0 spiro atoms. The minimum atomic E-state index is 0.0557. The van der Waals surface area contributed by atoms with Crippen molar-refractivity contribution in [3.63, 3.8) is 0 Å². The van der Waals surface area contributed by atoms with Crippen molar-refractivity contribution in [2.45, 2.75) is 44.9 Å². The van der Waals surface area contributed by atoms with Crippen LogP contribution in [0.25, 0.3) is 10.2 Å². The molecule has 0 radical (unpaired) electrons. The molecule has 32 heavy (non-hydrogen) atoms. The first kappa shape index (κ1) is 20.8. The van der Waals surface area contributed by atoms with Crippen molar-refractivity contribution in [1.29, 1.82) is 0 Å². The second-order valence-corrected chi connectivity index (χ2v) is 11.8. The van der Waals surface area contributed by atoms with Crippen LogP contribution in [0.4, 0.5) is 10.8 Å². The molecule has 8 heteroatoms. The second-order valence-electron chi connectivity index (χ2n) is 10.4. The number of fused-ring (bicyclic) bond motifs is 1. The predicted molar refractivity (Wildman–Crippen MR) is 132 cm³/mol. The first-order valence-electron chi connectivity index (χ1n) is 11.9. The molecule has 1 saturated heterocycles. The molecule has 0 unspecified atom stereocenters. The molecule has 5 aliphatic rings. The van der Waals surface area contributed by atoms with Crippen molar-refractivity contribution in [1.82, 2.24) is 10.3 Å². The molecule has 7 rings (SSSR count). The third-order valence-corrected chi connectivity index (χ3v) is 9.06. The number of anilines is 2. The molecule has 6 nitrogen and oxygen atoms in total. The van der Waals surface area contributed by atoms with Gasteiger partial charge in [0.15, 0.2) is 10.2 Å². The van der Waals surface area contributed by atoms with Gasteiger partial charge in [0.05, 0.1) is 23.4 Å². The van der Waals surface area contributed by atoms with Crippen LogP contribution in [-0.2, 0) is 9.53 Å². The maximum atomic E-state index is 12.8. The minimum absolute atomic E-state index is 0.0557. The Labute approximate surface area is 198 Å². The smallest absolute Gasteiger partial charge is 0.226 e. The fourth-order valence-corrected chi connectivity index (χ4v) is 8.31. The molecule has 2 heterocycles. The van der Waals surface area contributed by atoms with Crippen molar-refractivity contribution in [3.05, 3.63) is 18.2 Å². The van der Waals surface area contributed by atoms with Gasteiger partial charge in [0, 0.05) is 25.2 Å². The third kappa shape index (κ3) is 4.13. The summed E-state index contributed by atoms with van der Waals surface area (Å²) in [6.45, 7) is 3.36. The van der Waals surface area contributed by atoms with Crippen LogP contribution in [0, 0.1) is 23.2 Å². The van der Waals surface area contributed by atoms with Crippen molar-refractivity contribution >= 4 is 55.6 Å². The van der Waals surface area contributed by atoms with E-state index in [1.54, 1.807) is 11.3 Å². The summed E-state index contributed by atoms with van der Waals surface area (Å²) in [5.74, 6) is 2.61. The zero-order chi connectivity index (χ0) is 21.7. The van der Waals surface area contributed by atoms with Crippen LogP contribution in [0.15, 0.2) is 18.2 Å². The largest absolute Gasteiger partial charge is 0.378 e. The topological polar surface area (TPSA) is 66.5 Å². The first-order valence-corrected chi connectivity index (χ1v) is 13.1. The molecule has 4 aliphatic carbocycles. The van der Waals surface area contributed by atoms with Gasteiger partial charge in [0.2, 0.25) is 5.91 Å². The lowest BCUT2D eigenvalue weighted by atomic mass is 9.49. The Hall–Kier alpha value is -1.77. The number of rotatable bonds is 4. The van der Waals surface area contributed by atoms with E-state index in [1.165, 1.54) is 44.2 Å². The minimum Gasteiger partial charge on any atom is -0.378 e. The van der Waals surface area contributed by atoms with Crippen LogP contribution in [0.5, 0.6) is 0 Å². The van der Waals surface area contributed by atoms with E-state index >= 15 is 0 Å². The lowest BCUT2D eigenvalue weighted by Crippen LogP contribution is -2.48. The predicted octanol–water partition coefficient (Wildman–Crippen LogP) is 4.55. The fraction of sp³-hybridized carbons (Fsp3) is 0.625. The summed E-state index contributed by atoms with van der Waals surface area (Å²) in [7, 11) is 0. The van der Waals surface area contributed by atoms with Gasteiger partial charge in [-0.25, -0.2) is 4.98 Å². The number of nitrogens with one attached hydrogen (secondary N) is 2. The van der Waals surface area contributed by atoms with Crippen LogP contribution < -0.4 is 15.5 Å². The van der Waals surface area contributed by atoms with Crippen molar-refractivity contribution in [2.75, 3.05) is 36.5 Å². The summed E-state index contributed by atoms with van der Waals surface area (Å²) >= 11 is 7.02. The molecule has 1 aromatic heterocycles. The Kier molecular flexibility index (Phi) is 5.35. The van der Waals surface area contributed by atoms with E-state index in [0.717, 1.165) is 59.4 Å². The molecule has 0 atom stereocenters. The van der Waals surface area contributed by atoms with E-state index in [-0.39, 0.29) is 11.3 Å². The number of morpholine rings is 1. The van der Waals surface area contributed by atoms with Crippen LogP contribution >= 0.6 is 23.6 Å². The SMILES string of the molecule is O=C(CC12CC3CC(CC(C3)C1)C2)NC(=S)Nc1nc2ccc(N3CCOCC3)cc2s1. The maximum Gasteiger partial charge on any atom is 0.226 e. The van der Waals surface area contributed by atoms with E-state index in [1.807, 2.05) is 0 Å². The van der Waals surface area contributed by atoms with Crippen molar-refractivity contribution < 1.29 is 9.53 Å². The number of hydrogen-bond donors (Lipinski definition) is 2. The zero-order valence-corrected chi connectivity index (χ0v) is 19.9. The normalized spacial score (nSPS) is 31.1. The molecule has 170 valence electrons. The second kappa shape index (κ2) is 8.22. The van der Waals surface area contributed by atoms with Gasteiger partial charge in [0.25, 0.3) is 0 Å². The number of aromatic nitrogens is 1. The van der Waals surface area contributed by atoms with E-state index in [2.05, 4.69) is 38.7 Å². The lowest BCUT2D eigenvalue weighted by molar-refractivity contribution is -0.127. The molecule has 1 aromatic carbocycles. The number of benzene rings is 1. The third-order valence-electron chi connectivity index (χ3n) is 7.92. The monoisotopic (exact) mass is 470 g/mol. The standard InChI is InChI=1S/C24H30N4O2S2/c29-21(14-24-11-15-7-16(12-24)9-17(8-15)13-24)26-22(31)27-23-25-19-2-1-18(10-20(19)32-23)28-3-5-30-6-4-28/h1-2,10,15-17H,3-9,11-14H2,(H2,25,26,27,29,31). The van der Waals surface area contributed by atoms with Gasteiger partial charge in [-0.2, -0.15) is 0 Å². The highest BCUT2D eigenvalue weighted by Gasteiger charge is 2.51. The maximum absolute atomic E-state index is 12.8. The highest BCUT2D eigenvalue weighted by Crippen LogP contribution is 2.61. The van der Waals surface area contributed by atoms with Crippen molar-refractivity contribution in [2.24, 2.45) is 23.2 Å². The molecular formula is C24H30N4O2S2. The molecule has 1 amide bonds. The average Bonchev–Trinajstić information content (AvgIpc) is 3.14. The fourth-order valence-electron chi connectivity index (χ4n) is 7.13. The van der Waals surface area contributed by atoms with Gasteiger partial charge in [-0.05, 0) is 92.1 Å². The number of thiazole rings is 1. The van der Waals surface area contributed by atoms with Crippen LogP contribution in [0.3, 0.4) is 0 Å². The van der Waals surface area contributed by atoms with E-state index in [0.29, 0.717) is 11.5 Å². The molecule has 5 fully saturated rings. The Morgan fingerprint density at radius 2 is 1.84 bits per heavy atom. The molecule has 2 aromatic rings. The van der Waals surface area contributed by atoms with Gasteiger partial charge < -0.3 is 20.3 Å².